The summed E-state index contributed by atoms with van der Waals surface area (Å²) in [5.74, 6) is 0.103. The van der Waals surface area contributed by atoms with Gasteiger partial charge in [-0.25, -0.2) is 8.42 Å². The van der Waals surface area contributed by atoms with Crippen LogP contribution in [0.3, 0.4) is 0 Å². The Balaban J connectivity index is 1.92. The van der Waals surface area contributed by atoms with Gasteiger partial charge in [-0.15, -0.1) is 0 Å². The van der Waals surface area contributed by atoms with E-state index in [-0.39, 0.29) is 21.8 Å². The fraction of sp³-hybridized carbons (Fsp3) is 0.150. The van der Waals surface area contributed by atoms with E-state index in [1.165, 1.54) is 0 Å². The van der Waals surface area contributed by atoms with Crippen molar-refractivity contribution in [2.75, 3.05) is 11.1 Å². The number of benzene rings is 2. The predicted octanol–water partition coefficient (Wildman–Crippen LogP) is 3.35. The quantitative estimate of drug-likeness (QED) is 0.649. The molecule has 27 heavy (non-hydrogen) atoms. The third-order valence-corrected chi connectivity index (χ3v) is 6.36. The van der Waals surface area contributed by atoms with Crippen LogP contribution in [0.2, 0.25) is 0 Å². The van der Waals surface area contributed by atoms with Crippen molar-refractivity contribution in [3.8, 4) is 0 Å². The SMILES string of the molecule is Cc1cccc(C2=NC(C)Nc3c2[nH]c(N)c3S(=O)(=O)c2ccccc2)c1. The van der Waals surface area contributed by atoms with E-state index in [0.29, 0.717) is 17.1 Å². The lowest BCUT2D eigenvalue weighted by molar-refractivity contribution is 0.596. The number of nitrogens with two attached hydrogens (primary N) is 1. The lowest BCUT2D eigenvalue weighted by atomic mass is 10.0. The van der Waals surface area contributed by atoms with E-state index in [1.807, 2.05) is 38.1 Å². The number of aromatic amines is 1. The molecule has 4 N–H and O–H groups in total. The monoisotopic (exact) mass is 380 g/mol. The number of fused-ring (bicyclic) bond motifs is 1. The maximum atomic E-state index is 13.2. The summed E-state index contributed by atoms with van der Waals surface area (Å²) in [4.78, 5) is 7.97. The molecule has 0 fully saturated rings. The number of nitrogen functional groups attached to an aromatic ring is 1. The number of aliphatic imine (C=N–C) groups is 1. The van der Waals surface area contributed by atoms with Crippen LogP contribution in [0, 0.1) is 6.92 Å². The molecule has 0 saturated heterocycles. The molecule has 1 aromatic heterocycles. The van der Waals surface area contributed by atoms with E-state index in [2.05, 4.69) is 15.3 Å². The van der Waals surface area contributed by atoms with E-state index in [1.54, 1.807) is 30.3 Å². The molecule has 0 amide bonds. The number of hydrogen-bond donors (Lipinski definition) is 3. The molecule has 1 aliphatic rings. The van der Waals surface area contributed by atoms with Crippen molar-refractivity contribution in [3.05, 3.63) is 71.4 Å². The van der Waals surface area contributed by atoms with Crippen LogP contribution < -0.4 is 11.1 Å². The predicted molar refractivity (Wildman–Crippen MR) is 107 cm³/mol. The Kier molecular flexibility index (Phi) is 4.04. The van der Waals surface area contributed by atoms with Crippen molar-refractivity contribution >= 4 is 27.1 Å². The Morgan fingerprint density at radius 1 is 1.07 bits per heavy atom. The first-order valence-corrected chi connectivity index (χ1v) is 10.1. The summed E-state index contributed by atoms with van der Waals surface area (Å²) in [5, 5.41) is 3.16. The first kappa shape index (κ1) is 17.4. The van der Waals surface area contributed by atoms with Crippen molar-refractivity contribution in [3.63, 3.8) is 0 Å². The lowest BCUT2D eigenvalue weighted by Crippen LogP contribution is -2.24. The molecule has 2 heterocycles. The van der Waals surface area contributed by atoms with Crippen molar-refractivity contribution in [2.45, 2.75) is 29.8 Å². The minimum absolute atomic E-state index is 0.0654. The minimum atomic E-state index is -3.78. The number of hydrogen-bond acceptors (Lipinski definition) is 5. The van der Waals surface area contributed by atoms with E-state index < -0.39 is 9.84 Å². The number of sulfone groups is 1. The van der Waals surface area contributed by atoms with Gasteiger partial charge in [-0.05, 0) is 32.0 Å². The van der Waals surface area contributed by atoms with Gasteiger partial charge in [-0.3, -0.25) is 4.99 Å². The molecule has 2 aromatic carbocycles. The molecule has 4 rings (SSSR count). The number of nitrogens with one attached hydrogen (secondary N) is 2. The standard InChI is InChI=1S/C20H20N4O2S/c1-12-7-6-8-14(11-12)16-17-18(23-13(2)22-16)19(20(21)24-17)27(25,26)15-9-4-3-5-10-15/h3-11,13,23-24H,21H2,1-2H3. The smallest absolute Gasteiger partial charge is 0.212 e. The zero-order valence-corrected chi connectivity index (χ0v) is 15.8. The van der Waals surface area contributed by atoms with Gasteiger partial charge in [0.05, 0.1) is 22.0 Å². The molecule has 138 valence electrons. The molecule has 3 aromatic rings. The molecular formula is C20H20N4O2S. The Morgan fingerprint density at radius 2 is 1.81 bits per heavy atom. The van der Waals surface area contributed by atoms with Gasteiger partial charge in [0, 0.05) is 5.56 Å². The van der Waals surface area contributed by atoms with Gasteiger partial charge in [0.25, 0.3) is 0 Å². The number of aryl methyl sites for hydroxylation is 1. The fourth-order valence-electron chi connectivity index (χ4n) is 3.32. The highest BCUT2D eigenvalue weighted by atomic mass is 32.2. The number of H-pyrrole nitrogens is 1. The largest absolute Gasteiger partial charge is 0.384 e. The minimum Gasteiger partial charge on any atom is -0.384 e. The maximum absolute atomic E-state index is 13.2. The van der Waals surface area contributed by atoms with Gasteiger partial charge in [0.15, 0.2) is 0 Å². The van der Waals surface area contributed by atoms with Crippen molar-refractivity contribution in [1.29, 1.82) is 0 Å². The first-order valence-electron chi connectivity index (χ1n) is 8.61. The summed E-state index contributed by atoms with van der Waals surface area (Å²) in [7, 11) is -3.78. The van der Waals surface area contributed by atoms with Crippen molar-refractivity contribution in [2.24, 2.45) is 4.99 Å². The molecule has 0 aliphatic carbocycles. The van der Waals surface area contributed by atoms with Crippen LogP contribution in [0.15, 0.2) is 69.4 Å². The second kappa shape index (κ2) is 6.28. The number of nitrogens with zero attached hydrogens (tertiary/aromatic N) is 1. The van der Waals surface area contributed by atoms with Gasteiger partial charge in [-0.2, -0.15) is 0 Å². The van der Waals surface area contributed by atoms with Crippen LogP contribution in [0.4, 0.5) is 11.5 Å². The Bertz CT molecular complexity index is 1150. The van der Waals surface area contributed by atoms with Gasteiger partial charge in [0.1, 0.15) is 16.9 Å². The summed E-state index contributed by atoms with van der Waals surface area (Å²) in [6.07, 6.45) is -0.284. The zero-order chi connectivity index (χ0) is 19.2. The topological polar surface area (TPSA) is 100 Å². The Hall–Kier alpha value is -3.06. The van der Waals surface area contributed by atoms with Gasteiger partial charge in [-0.1, -0.05) is 42.0 Å². The van der Waals surface area contributed by atoms with Gasteiger partial charge < -0.3 is 16.0 Å². The highest BCUT2D eigenvalue weighted by Gasteiger charge is 2.33. The normalized spacial score (nSPS) is 16.4. The third-order valence-electron chi connectivity index (χ3n) is 4.51. The molecule has 0 saturated carbocycles. The molecule has 0 radical (unpaired) electrons. The Labute approximate surface area is 158 Å². The lowest BCUT2D eigenvalue weighted by Gasteiger charge is -2.22. The number of rotatable bonds is 3. The average molecular weight is 380 g/mol. The van der Waals surface area contributed by atoms with Crippen LogP contribution in [0.25, 0.3) is 0 Å². The summed E-state index contributed by atoms with van der Waals surface area (Å²) in [5.41, 5.74) is 9.89. The van der Waals surface area contributed by atoms with Gasteiger partial charge in [0.2, 0.25) is 9.84 Å². The summed E-state index contributed by atoms with van der Waals surface area (Å²) in [6, 6.07) is 16.2. The Morgan fingerprint density at radius 3 is 2.52 bits per heavy atom. The number of anilines is 2. The average Bonchev–Trinajstić information content (AvgIpc) is 2.98. The highest BCUT2D eigenvalue weighted by Crippen LogP contribution is 2.39. The fourth-order valence-corrected chi connectivity index (χ4v) is 4.85. The van der Waals surface area contributed by atoms with Crippen LogP contribution in [0.1, 0.15) is 23.7 Å². The van der Waals surface area contributed by atoms with Crippen LogP contribution in [-0.2, 0) is 9.84 Å². The molecule has 7 heteroatoms. The number of aromatic nitrogens is 1. The van der Waals surface area contributed by atoms with Crippen LogP contribution in [0.5, 0.6) is 0 Å². The molecular weight excluding hydrogens is 360 g/mol. The molecule has 0 spiro atoms. The molecule has 6 nitrogen and oxygen atoms in total. The molecule has 1 unspecified atom stereocenters. The van der Waals surface area contributed by atoms with E-state index in [0.717, 1.165) is 11.1 Å². The molecule has 1 aliphatic heterocycles. The van der Waals surface area contributed by atoms with E-state index in [4.69, 9.17) is 5.73 Å². The summed E-state index contributed by atoms with van der Waals surface area (Å²) < 4.78 is 26.4. The van der Waals surface area contributed by atoms with E-state index >= 15 is 0 Å². The zero-order valence-electron chi connectivity index (χ0n) is 15.0. The van der Waals surface area contributed by atoms with Crippen molar-refractivity contribution in [1.82, 2.24) is 4.98 Å². The second-order valence-corrected chi connectivity index (χ2v) is 8.49. The van der Waals surface area contributed by atoms with Crippen molar-refractivity contribution < 1.29 is 8.42 Å². The maximum Gasteiger partial charge on any atom is 0.212 e. The summed E-state index contributed by atoms with van der Waals surface area (Å²) >= 11 is 0. The molecule has 0 bridgehead atoms. The third kappa shape index (κ3) is 2.90. The van der Waals surface area contributed by atoms with Gasteiger partial charge >= 0.3 is 0 Å². The summed E-state index contributed by atoms with van der Waals surface area (Å²) in [6.45, 7) is 3.88. The van der Waals surface area contributed by atoms with E-state index in [9.17, 15) is 8.42 Å². The first-order chi connectivity index (χ1) is 12.9. The second-order valence-electron chi connectivity index (χ2n) is 6.60. The molecule has 1 atom stereocenters. The van der Waals surface area contributed by atoms with Crippen LogP contribution >= 0.6 is 0 Å². The van der Waals surface area contributed by atoms with Crippen LogP contribution in [-0.4, -0.2) is 25.3 Å². The highest BCUT2D eigenvalue weighted by molar-refractivity contribution is 7.91.